The molecule has 0 spiro atoms. The summed E-state index contributed by atoms with van der Waals surface area (Å²) in [6, 6.07) is 7.38. The van der Waals surface area contributed by atoms with Crippen molar-refractivity contribution in [2.24, 2.45) is 0 Å². The van der Waals surface area contributed by atoms with Crippen LogP contribution in [-0.4, -0.2) is 0 Å². The van der Waals surface area contributed by atoms with E-state index in [0.29, 0.717) is 24.3 Å². The molecule has 0 aliphatic rings. The van der Waals surface area contributed by atoms with Crippen LogP contribution in [-0.2, 0) is 0 Å². The van der Waals surface area contributed by atoms with Crippen LogP contribution in [0.3, 0.4) is 0 Å². The maximum atomic E-state index is 15.3. The monoisotopic (exact) mass is 492 g/mol. The molecule has 5 aromatic carbocycles. The zero-order chi connectivity index (χ0) is 25.2. The molecule has 0 amide bonds. The van der Waals surface area contributed by atoms with E-state index in [1.165, 1.54) is 0 Å². The quantitative estimate of drug-likeness (QED) is 0.100. The van der Waals surface area contributed by atoms with Crippen LogP contribution in [0.25, 0.3) is 43.8 Å². The van der Waals surface area contributed by atoms with Gasteiger partial charge in [-0.1, -0.05) is 18.2 Å². The molecular weight excluding hydrogens is 483 g/mol. The third-order valence-corrected chi connectivity index (χ3v) is 5.70. The van der Waals surface area contributed by atoms with Crippen LogP contribution < -0.4 is 0 Å². The third kappa shape index (κ3) is 3.41. The second kappa shape index (κ2) is 8.04. The van der Waals surface area contributed by atoms with Crippen molar-refractivity contribution < 1.29 is 39.5 Å². The Morgan fingerprint density at radius 3 is 1.29 bits per heavy atom. The van der Waals surface area contributed by atoms with E-state index in [1.807, 2.05) is 0 Å². The van der Waals surface area contributed by atoms with Gasteiger partial charge in [0.15, 0.2) is 46.5 Å². The lowest BCUT2D eigenvalue weighted by Crippen LogP contribution is -2.03. The number of rotatable bonds is 2. The molecule has 0 saturated heterocycles. The van der Waals surface area contributed by atoms with Gasteiger partial charge in [-0.2, -0.15) is 0 Å². The Balaban J connectivity index is 2.12. The van der Waals surface area contributed by atoms with E-state index in [9.17, 15) is 30.7 Å². The van der Waals surface area contributed by atoms with Gasteiger partial charge in [-0.15, -0.1) is 0 Å². The second-order valence-corrected chi connectivity index (χ2v) is 7.70. The van der Waals surface area contributed by atoms with Gasteiger partial charge in [0.2, 0.25) is 0 Å². The molecule has 0 saturated carbocycles. The lowest BCUT2D eigenvalue weighted by Gasteiger charge is -2.19. The van der Waals surface area contributed by atoms with Crippen molar-refractivity contribution in [1.29, 1.82) is 0 Å². The van der Waals surface area contributed by atoms with Crippen LogP contribution in [0.2, 0.25) is 0 Å². The predicted octanol–water partition coefficient (Wildman–Crippen LogP) is 8.58. The number of halogens is 9. The van der Waals surface area contributed by atoms with Crippen molar-refractivity contribution in [2.45, 2.75) is 0 Å². The molecule has 0 radical (unpaired) electrons. The summed E-state index contributed by atoms with van der Waals surface area (Å²) in [7, 11) is 0. The summed E-state index contributed by atoms with van der Waals surface area (Å²) in [4.78, 5) is 0. The Kier molecular flexibility index (Phi) is 5.23. The molecule has 0 unspecified atom stereocenters. The molecular formula is C26H9F9. The Bertz CT molecular complexity index is 1690. The molecule has 0 aromatic heterocycles. The van der Waals surface area contributed by atoms with E-state index in [-0.39, 0.29) is 21.9 Å². The van der Waals surface area contributed by atoms with Crippen molar-refractivity contribution in [3.8, 4) is 22.3 Å². The van der Waals surface area contributed by atoms with Gasteiger partial charge in [-0.05, 0) is 58.3 Å². The molecule has 0 aliphatic carbocycles. The molecule has 176 valence electrons. The number of fused-ring (bicyclic) bond motifs is 2. The number of hydrogen-bond donors (Lipinski definition) is 0. The van der Waals surface area contributed by atoms with Crippen LogP contribution in [0, 0.1) is 52.4 Å². The van der Waals surface area contributed by atoms with E-state index in [0.717, 1.165) is 30.3 Å². The smallest absolute Gasteiger partial charge is 0.198 e. The first-order chi connectivity index (χ1) is 16.6. The predicted molar refractivity (Wildman–Crippen MR) is 112 cm³/mol. The molecule has 0 heterocycles. The highest BCUT2D eigenvalue weighted by atomic mass is 19.2. The van der Waals surface area contributed by atoms with Gasteiger partial charge in [-0.25, -0.2) is 39.5 Å². The maximum Gasteiger partial charge on any atom is 0.198 e. The van der Waals surface area contributed by atoms with Crippen molar-refractivity contribution in [3.63, 3.8) is 0 Å². The largest absolute Gasteiger partial charge is 0.207 e. The topological polar surface area (TPSA) is 0 Å². The van der Waals surface area contributed by atoms with Gasteiger partial charge in [-0.3, -0.25) is 0 Å². The van der Waals surface area contributed by atoms with E-state index in [1.54, 1.807) is 0 Å². The lowest BCUT2D eigenvalue weighted by molar-refractivity contribution is 0.418. The summed E-state index contributed by atoms with van der Waals surface area (Å²) in [5.41, 5.74) is -1.41. The summed E-state index contributed by atoms with van der Waals surface area (Å²) in [6.45, 7) is 0. The van der Waals surface area contributed by atoms with Crippen molar-refractivity contribution >= 4 is 21.5 Å². The fourth-order valence-electron chi connectivity index (χ4n) is 4.21. The highest BCUT2D eigenvalue weighted by Crippen LogP contribution is 2.47. The zero-order valence-electron chi connectivity index (χ0n) is 17.1. The van der Waals surface area contributed by atoms with Crippen molar-refractivity contribution in [3.05, 3.63) is 107 Å². The molecule has 9 heteroatoms. The van der Waals surface area contributed by atoms with Crippen LogP contribution in [0.4, 0.5) is 39.5 Å². The van der Waals surface area contributed by atoms with E-state index in [4.69, 9.17) is 0 Å². The highest BCUT2D eigenvalue weighted by molar-refractivity contribution is 6.21. The summed E-state index contributed by atoms with van der Waals surface area (Å²) in [5, 5.41) is -2.14. The van der Waals surface area contributed by atoms with Gasteiger partial charge in [0, 0.05) is 21.9 Å². The fraction of sp³-hybridized carbons (Fsp3) is 0. The maximum absolute atomic E-state index is 15.3. The lowest BCUT2D eigenvalue weighted by atomic mass is 9.85. The molecule has 0 atom stereocenters. The molecule has 35 heavy (non-hydrogen) atoms. The molecule has 5 aromatic rings. The minimum Gasteiger partial charge on any atom is -0.207 e. The fourth-order valence-corrected chi connectivity index (χ4v) is 4.21. The third-order valence-electron chi connectivity index (χ3n) is 5.70. The van der Waals surface area contributed by atoms with Crippen molar-refractivity contribution in [2.75, 3.05) is 0 Å². The van der Waals surface area contributed by atoms with Gasteiger partial charge in [0.05, 0.1) is 0 Å². The van der Waals surface area contributed by atoms with E-state index < -0.39 is 74.3 Å². The Morgan fingerprint density at radius 1 is 0.371 bits per heavy atom. The zero-order valence-corrected chi connectivity index (χ0v) is 17.1. The first-order valence-corrected chi connectivity index (χ1v) is 9.91. The molecule has 0 aliphatic heterocycles. The molecule has 0 nitrogen and oxygen atoms in total. The van der Waals surface area contributed by atoms with Crippen LogP contribution >= 0.6 is 0 Å². The minimum atomic E-state index is -2.20. The summed E-state index contributed by atoms with van der Waals surface area (Å²) >= 11 is 0. The number of benzene rings is 5. The average Bonchev–Trinajstić information content (AvgIpc) is 2.83. The highest BCUT2D eigenvalue weighted by Gasteiger charge is 2.29. The van der Waals surface area contributed by atoms with Gasteiger partial charge < -0.3 is 0 Å². The Labute approximate surface area is 190 Å². The Morgan fingerprint density at radius 2 is 0.829 bits per heavy atom. The number of hydrogen-bond acceptors (Lipinski definition) is 0. The van der Waals surface area contributed by atoms with E-state index >= 15 is 8.78 Å². The SMILES string of the molecule is Fc1ccc2c(-c3ccc(F)c(F)c3)c3c(F)c(F)c(F)c(F)c3c(-c3ccc(F)c(F)c3)c2c1. The second-order valence-electron chi connectivity index (χ2n) is 7.70. The van der Waals surface area contributed by atoms with Gasteiger partial charge in [0.1, 0.15) is 5.82 Å². The Hall–Kier alpha value is -4.01. The van der Waals surface area contributed by atoms with Crippen molar-refractivity contribution in [1.82, 2.24) is 0 Å². The average molecular weight is 492 g/mol. The first-order valence-electron chi connectivity index (χ1n) is 9.91. The normalized spacial score (nSPS) is 11.6. The van der Waals surface area contributed by atoms with Gasteiger partial charge >= 0.3 is 0 Å². The van der Waals surface area contributed by atoms with Crippen LogP contribution in [0.1, 0.15) is 0 Å². The molecule has 0 fully saturated rings. The molecule has 0 bridgehead atoms. The first kappa shape index (κ1) is 22.8. The molecule has 0 N–H and O–H groups in total. The van der Waals surface area contributed by atoms with Crippen LogP contribution in [0.15, 0.2) is 54.6 Å². The van der Waals surface area contributed by atoms with Crippen LogP contribution in [0.5, 0.6) is 0 Å². The molecule has 5 rings (SSSR count). The minimum absolute atomic E-state index is 0.103. The summed E-state index contributed by atoms with van der Waals surface area (Å²) < 4.78 is 129. The summed E-state index contributed by atoms with van der Waals surface area (Å²) in [5.74, 6) is -14.4. The summed E-state index contributed by atoms with van der Waals surface area (Å²) in [6.07, 6.45) is 0. The van der Waals surface area contributed by atoms with E-state index in [2.05, 4.69) is 0 Å². The standard InChI is InChI=1S/C26H9F9/c27-12-3-4-13-14(9-12)20(11-2-6-16(29)18(31)8-11)22-21(23(32)25(34)26(35)24(22)33)19(13)10-1-5-15(28)17(30)7-10/h1-9H. The van der Waals surface area contributed by atoms with Gasteiger partial charge in [0.25, 0.3) is 0 Å².